The number of hydrogen-bond acceptors (Lipinski definition) is 4. The summed E-state index contributed by atoms with van der Waals surface area (Å²) in [6, 6.07) is 8.63. The van der Waals surface area contributed by atoms with E-state index in [0.717, 1.165) is 37.4 Å². The highest BCUT2D eigenvalue weighted by molar-refractivity contribution is 8.93. The molecule has 4 nitrogen and oxygen atoms in total. The van der Waals surface area contributed by atoms with E-state index in [0.29, 0.717) is 12.6 Å². The van der Waals surface area contributed by atoms with Crippen LogP contribution in [0.15, 0.2) is 29.3 Å². The van der Waals surface area contributed by atoms with E-state index in [1.165, 1.54) is 5.56 Å². The standard InChI is InChI=1S/C15H21N3O.2BrH/c1-2-15(14-17-10-12(18-14)7-8-16)9-11-5-3-4-6-13(11)19-15;;/h3-6,12H,2,7-10,16H2,1H3,(H,17,18);2*1H/t12-,15?;;/m0../s1. The van der Waals surface area contributed by atoms with E-state index in [-0.39, 0.29) is 39.6 Å². The van der Waals surface area contributed by atoms with Crippen molar-refractivity contribution >= 4 is 39.8 Å². The number of nitrogens with two attached hydrogens (primary N) is 1. The molecule has 2 atom stereocenters. The number of aliphatic imine (C=N–C) groups is 1. The lowest BCUT2D eigenvalue weighted by Crippen LogP contribution is -2.50. The molecular formula is C15H23Br2N3O. The molecule has 2 aliphatic rings. The zero-order valence-corrected chi connectivity index (χ0v) is 15.6. The van der Waals surface area contributed by atoms with Gasteiger partial charge in [-0.1, -0.05) is 25.1 Å². The minimum atomic E-state index is -0.299. The highest BCUT2D eigenvalue weighted by atomic mass is 79.9. The number of benzene rings is 1. The number of nitrogens with one attached hydrogen (secondary N) is 1. The largest absolute Gasteiger partial charge is 0.479 e. The number of halogens is 2. The molecule has 21 heavy (non-hydrogen) atoms. The van der Waals surface area contributed by atoms with E-state index in [9.17, 15) is 0 Å². The summed E-state index contributed by atoms with van der Waals surface area (Å²) in [4.78, 5) is 4.67. The molecule has 0 aliphatic carbocycles. The number of para-hydroxylation sites is 1. The molecule has 0 fully saturated rings. The molecule has 1 aromatic carbocycles. The average Bonchev–Trinajstić information content (AvgIpc) is 3.03. The number of nitrogens with zero attached hydrogens (tertiary/aromatic N) is 1. The Bertz CT molecular complexity index is 482. The summed E-state index contributed by atoms with van der Waals surface area (Å²) >= 11 is 0. The van der Waals surface area contributed by atoms with E-state index >= 15 is 0 Å². The fourth-order valence-corrected chi connectivity index (χ4v) is 2.93. The molecule has 2 heterocycles. The summed E-state index contributed by atoms with van der Waals surface area (Å²) in [6.45, 7) is 3.67. The van der Waals surface area contributed by atoms with E-state index in [1.54, 1.807) is 0 Å². The summed E-state index contributed by atoms with van der Waals surface area (Å²) in [7, 11) is 0. The molecule has 118 valence electrons. The smallest absolute Gasteiger partial charge is 0.169 e. The molecule has 0 aromatic heterocycles. The SMILES string of the molecule is Br.Br.CCC1(C2=NC[C@H](CCN)N2)Cc2ccccc2O1. The first-order chi connectivity index (χ1) is 9.27. The third-order valence-corrected chi connectivity index (χ3v) is 4.08. The average molecular weight is 421 g/mol. The number of hydrogen-bond donors (Lipinski definition) is 2. The topological polar surface area (TPSA) is 59.6 Å². The molecule has 0 bridgehead atoms. The Morgan fingerprint density at radius 3 is 2.81 bits per heavy atom. The van der Waals surface area contributed by atoms with Crippen molar-refractivity contribution in [3.8, 4) is 5.75 Å². The van der Waals surface area contributed by atoms with Gasteiger partial charge in [-0.05, 0) is 31.0 Å². The van der Waals surface area contributed by atoms with Crippen LogP contribution < -0.4 is 15.8 Å². The zero-order chi connectivity index (χ0) is 13.3. The second kappa shape index (κ2) is 7.61. The van der Waals surface area contributed by atoms with Crippen LogP contribution in [0.1, 0.15) is 25.3 Å². The van der Waals surface area contributed by atoms with Gasteiger partial charge in [-0.15, -0.1) is 34.0 Å². The Labute approximate surface area is 147 Å². The molecule has 1 aromatic rings. The van der Waals surface area contributed by atoms with E-state index in [1.807, 2.05) is 12.1 Å². The quantitative estimate of drug-likeness (QED) is 0.786. The number of amidine groups is 1. The van der Waals surface area contributed by atoms with Gasteiger partial charge in [0, 0.05) is 12.5 Å². The summed E-state index contributed by atoms with van der Waals surface area (Å²) in [5, 5.41) is 3.51. The monoisotopic (exact) mass is 419 g/mol. The van der Waals surface area contributed by atoms with Gasteiger partial charge in [0.15, 0.2) is 5.60 Å². The summed E-state index contributed by atoms with van der Waals surface area (Å²) in [5.41, 5.74) is 6.60. The normalized spacial score (nSPS) is 25.8. The predicted octanol–water partition coefficient (Wildman–Crippen LogP) is 2.65. The van der Waals surface area contributed by atoms with Crippen LogP contribution in [0, 0.1) is 0 Å². The van der Waals surface area contributed by atoms with Crippen molar-refractivity contribution < 1.29 is 4.74 Å². The summed E-state index contributed by atoms with van der Waals surface area (Å²) in [6.07, 6.45) is 2.78. The van der Waals surface area contributed by atoms with Crippen LogP contribution >= 0.6 is 34.0 Å². The van der Waals surface area contributed by atoms with Crippen LogP contribution in [0.4, 0.5) is 0 Å². The molecule has 3 rings (SSSR count). The highest BCUT2D eigenvalue weighted by Gasteiger charge is 2.44. The second-order valence-corrected chi connectivity index (χ2v) is 5.34. The molecule has 1 unspecified atom stereocenters. The van der Waals surface area contributed by atoms with Gasteiger partial charge < -0.3 is 15.8 Å². The number of rotatable bonds is 4. The highest BCUT2D eigenvalue weighted by Crippen LogP contribution is 2.38. The van der Waals surface area contributed by atoms with Crippen molar-refractivity contribution in [1.82, 2.24) is 5.32 Å². The van der Waals surface area contributed by atoms with Gasteiger partial charge in [-0.3, -0.25) is 4.99 Å². The Morgan fingerprint density at radius 1 is 1.38 bits per heavy atom. The fraction of sp³-hybridized carbons (Fsp3) is 0.533. The first kappa shape index (κ1) is 18.5. The maximum atomic E-state index is 6.23. The van der Waals surface area contributed by atoms with Gasteiger partial charge in [-0.2, -0.15) is 0 Å². The van der Waals surface area contributed by atoms with Gasteiger partial charge in [0.2, 0.25) is 0 Å². The van der Waals surface area contributed by atoms with Crippen molar-refractivity contribution in [2.45, 2.75) is 37.8 Å². The number of ether oxygens (including phenoxy) is 1. The van der Waals surface area contributed by atoms with Gasteiger partial charge in [-0.25, -0.2) is 0 Å². The van der Waals surface area contributed by atoms with Crippen LogP contribution in [0.25, 0.3) is 0 Å². The van der Waals surface area contributed by atoms with Crippen LogP contribution in [-0.4, -0.2) is 30.6 Å². The van der Waals surface area contributed by atoms with Gasteiger partial charge in [0.05, 0.1) is 6.54 Å². The van der Waals surface area contributed by atoms with Crippen molar-refractivity contribution in [1.29, 1.82) is 0 Å². The maximum absolute atomic E-state index is 6.23. The lowest BCUT2D eigenvalue weighted by molar-refractivity contribution is 0.161. The second-order valence-electron chi connectivity index (χ2n) is 5.34. The van der Waals surface area contributed by atoms with Gasteiger partial charge in [0.25, 0.3) is 0 Å². The van der Waals surface area contributed by atoms with E-state index in [2.05, 4.69) is 29.4 Å². The lowest BCUT2D eigenvalue weighted by Gasteiger charge is -2.28. The van der Waals surface area contributed by atoms with Crippen LogP contribution in [0.2, 0.25) is 0 Å². The van der Waals surface area contributed by atoms with Crippen LogP contribution in [-0.2, 0) is 6.42 Å². The first-order valence-electron chi connectivity index (χ1n) is 7.06. The molecule has 3 N–H and O–H groups in total. The van der Waals surface area contributed by atoms with Crippen molar-refractivity contribution in [3.05, 3.63) is 29.8 Å². The van der Waals surface area contributed by atoms with Crippen LogP contribution in [0.3, 0.4) is 0 Å². The fourth-order valence-electron chi connectivity index (χ4n) is 2.93. The number of fused-ring (bicyclic) bond motifs is 1. The zero-order valence-electron chi connectivity index (χ0n) is 12.2. The van der Waals surface area contributed by atoms with E-state index < -0.39 is 0 Å². The van der Waals surface area contributed by atoms with Gasteiger partial charge >= 0.3 is 0 Å². The molecule has 0 radical (unpaired) electrons. The predicted molar refractivity (Wildman–Crippen MR) is 97.3 cm³/mol. The Morgan fingerprint density at radius 2 is 2.14 bits per heavy atom. The third-order valence-electron chi connectivity index (χ3n) is 4.08. The molecule has 0 spiro atoms. The Balaban J connectivity index is 0.00000110. The third kappa shape index (κ3) is 3.43. The molecule has 0 amide bonds. The molecule has 0 saturated heterocycles. The van der Waals surface area contributed by atoms with E-state index in [4.69, 9.17) is 10.5 Å². The maximum Gasteiger partial charge on any atom is 0.169 e. The van der Waals surface area contributed by atoms with Crippen molar-refractivity contribution in [2.24, 2.45) is 10.7 Å². The summed E-state index contributed by atoms with van der Waals surface area (Å²) in [5.74, 6) is 2.00. The van der Waals surface area contributed by atoms with Gasteiger partial charge in [0.1, 0.15) is 11.6 Å². The molecular weight excluding hydrogens is 398 g/mol. The molecule has 6 heteroatoms. The Kier molecular flexibility index (Phi) is 6.69. The Hall–Kier alpha value is -0.590. The first-order valence-corrected chi connectivity index (χ1v) is 7.06. The minimum Gasteiger partial charge on any atom is -0.479 e. The lowest BCUT2D eigenvalue weighted by atomic mass is 9.93. The van der Waals surface area contributed by atoms with Crippen molar-refractivity contribution in [3.63, 3.8) is 0 Å². The molecule has 0 saturated carbocycles. The molecule has 2 aliphatic heterocycles. The summed E-state index contributed by atoms with van der Waals surface area (Å²) < 4.78 is 6.23. The van der Waals surface area contributed by atoms with Crippen LogP contribution in [0.5, 0.6) is 5.75 Å². The van der Waals surface area contributed by atoms with Crippen molar-refractivity contribution in [2.75, 3.05) is 13.1 Å². The minimum absolute atomic E-state index is 0.